The summed E-state index contributed by atoms with van der Waals surface area (Å²) < 4.78 is 17.0. The van der Waals surface area contributed by atoms with Gasteiger partial charge in [0.05, 0.1) is 37.2 Å². The minimum absolute atomic E-state index is 0.00922. The molecule has 2 aromatic rings. The van der Waals surface area contributed by atoms with Crippen LogP contribution in [0.25, 0.3) is 0 Å². The van der Waals surface area contributed by atoms with E-state index >= 15 is 0 Å². The molecule has 1 amide bonds. The SMILES string of the molecule is O=C(c1ccoc1)N1CCO[C@H]2[C@H](OCc3cccnc3)CC[C@@H]21. The highest BCUT2D eigenvalue weighted by Gasteiger charge is 2.45. The van der Waals surface area contributed by atoms with Gasteiger partial charge >= 0.3 is 0 Å². The van der Waals surface area contributed by atoms with Crippen molar-refractivity contribution in [1.82, 2.24) is 9.88 Å². The van der Waals surface area contributed by atoms with Crippen LogP contribution in [0, 0.1) is 0 Å². The van der Waals surface area contributed by atoms with Crippen molar-refractivity contribution in [2.45, 2.75) is 37.7 Å². The summed E-state index contributed by atoms with van der Waals surface area (Å²) in [6.45, 7) is 1.67. The quantitative estimate of drug-likeness (QED) is 0.861. The minimum Gasteiger partial charge on any atom is -0.472 e. The molecule has 1 aliphatic heterocycles. The molecule has 0 aromatic carbocycles. The normalized spacial score (nSPS) is 26.3. The van der Waals surface area contributed by atoms with Gasteiger partial charge in [-0.3, -0.25) is 9.78 Å². The van der Waals surface area contributed by atoms with Gasteiger partial charge in [-0.15, -0.1) is 0 Å². The van der Waals surface area contributed by atoms with Crippen LogP contribution in [0.1, 0.15) is 28.8 Å². The van der Waals surface area contributed by atoms with Crippen LogP contribution >= 0.6 is 0 Å². The van der Waals surface area contributed by atoms with Gasteiger partial charge in [-0.25, -0.2) is 0 Å². The molecule has 3 heterocycles. The number of rotatable bonds is 4. The highest BCUT2D eigenvalue weighted by atomic mass is 16.5. The first-order valence-electron chi connectivity index (χ1n) is 8.28. The molecule has 6 nitrogen and oxygen atoms in total. The number of morpholine rings is 1. The summed E-state index contributed by atoms with van der Waals surface area (Å²) in [6.07, 6.45) is 8.32. The van der Waals surface area contributed by atoms with Gasteiger partial charge in [-0.05, 0) is 30.5 Å². The van der Waals surface area contributed by atoms with Gasteiger partial charge in [0.15, 0.2) is 0 Å². The van der Waals surface area contributed by atoms with Crippen molar-refractivity contribution in [3.63, 3.8) is 0 Å². The van der Waals surface area contributed by atoms with E-state index < -0.39 is 0 Å². The maximum atomic E-state index is 12.7. The zero-order valence-electron chi connectivity index (χ0n) is 13.3. The van der Waals surface area contributed by atoms with Crippen LogP contribution < -0.4 is 0 Å². The summed E-state index contributed by atoms with van der Waals surface area (Å²) in [5.41, 5.74) is 1.64. The van der Waals surface area contributed by atoms with Crippen LogP contribution in [0.5, 0.6) is 0 Å². The maximum absolute atomic E-state index is 12.7. The Kier molecular flexibility index (Phi) is 4.32. The van der Waals surface area contributed by atoms with E-state index in [0.717, 1.165) is 18.4 Å². The molecule has 0 N–H and O–H groups in total. The number of carbonyl (C=O) groups is 1. The van der Waals surface area contributed by atoms with Crippen molar-refractivity contribution < 1.29 is 18.7 Å². The van der Waals surface area contributed by atoms with Gasteiger partial charge in [0.25, 0.3) is 5.91 Å². The summed E-state index contributed by atoms with van der Waals surface area (Å²) in [4.78, 5) is 18.7. The fraction of sp³-hybridized carbons (Fsp3) is 0.444. The largest absolute Gasteiger partial charge is 0.472 e. The van der Waals surface area contributed by atoms with Gasteiger partial charge < -0.3 is 18.8 Å². The zero-order chi connectivity index (χ0) is 16.4. The third kappa shape index (κ3) is 2.95. The average molecular weight is 328 g/mol. The molecule has 0 unspecified atom stereocenters. The number of pyridine rings is 1. The second-order valence-electron chi connectivity index (χ2n) is 6.20. The molecule has 2 fully saturated rings. The van der Waals surface area contributed by atoms with Crippen molar-refractivity contribution in [2.24, 2.45) is 0 Å². The number of aromatic nitrogens is 1. The number of hydrogen-bond acceptors (Lipinski definition) is 5. The van der Waals surface area contributed by atoms with Gasteiger partial charge in [-0.1, -0.05) is 6.07 Å². The molecule has 24 heavy (non-hydrogen) atoms. The third-order valence-corrected chi connectivity index (χ3v) is 4.75. The van der Waals surface area contributed by atoms with E-state index in [9.17, 15) is 4.79 Å². The lowest BCUT2D eigenvalue weighted by Crippen LogP contribution is -2.53. The molecular formula is C18H20N2O4. The predicted octanol–water partition coefficient (Wildman–Crippen LogP) is 2.26. The molecule has 4 rings (SSSR count). The summed E-state index contributed by atoms with van der Waals surface area (Å²) in [6, 6.07) is 5.67. The number of nitrogens with zero attached hydrogens (tertiary/aromatic N) is 2. The standard InChI is InChI=1S/C18H20N2O4/c21-18(14-5-8-22-12-14)20-7-9-23-17-15(20)3-4-16(17)24-11-13-2-1-6-19-10-13/h1-2,5-6,8,10,12,15-17H,3-4,7,9,11H2/t15-,16+,17+/m0/s1. The number of amides is 1. The van der Waals surface area contributed by atoms with E-state index in [1.807, 2.05) is 23.2 Å². The highest BCUT2D eigenvalue weighted by Crippen LogP contribution is 2.33. The number of ether oxygens (including phenoxy) is 2. The smallest absolute Gasteiger partial charge is 0.257 e. The lowest BCUT2D eigenvalue weighted by atomic mass is 10.1. The predicted molar refractivity (Wildman–Crippen MR) is 85.3 cm³/mol. The number of hydrogen-bond donors (Lipinski definition) is 0. The fourth-order valence-electron chi connectivity index (χ4n) is 3.58. The first-order valence-corrected chi connectivity index (χ1v) is 8.28. The van der Waals surface area contributed by atoms with Crippen LogP contribution in [-0.2, 0) is 16.1 Å². The molecule has 6 heteroatoms. The van der Waals surface area contributed by atoms with Gasteiger partial charge in [0.2, 0.25) is 0 Å². The Morgan fingerprint density at radius 2 is 2.33 bits per heavy atom. The van der Waals surface area contributed by atoms with Crippen LogP contribution in [0.3, 0.4) is 0 Å². The van der Waals surface area contributed by atoms with Crippen molar-refractivity contribution in [1.29, 1.82) is 0 Å². The highest BCUT2D eigenvalue weighted by molar-refractivity contribution is 5.94. The Balaban J connectivity index is 1.42. The molecule has 0 spiro atoms. The molecule has 3 atom stereocenters. The monoisotopic (exact) mass is 328 g/mol. The number of furan rings is 1. The Labute approximate surface area is 140 Å². The van der Waals surface area contributed by atoms with E-state index in [1.165, 1.54) is 12.5 Å². The van der Waals surface area contributed by atoms with E-state index in [-0.39, 0.29) is 24.2 Å². The molecule has 2 aromatic heterocycles. The Morgan fingerprint density at radius 3 is 3.12 bits per heavy atom. The summed E-state index contributed by atoms with van der Waals surface area (Å²) in [7, 11) is 0. The minimum atomic E-state index is -0.0636. The summed E-state index contributed by atoms with van der Waals surface area (Å²) in [5, 5.41) is 0. The van der Waals surface area contributed by atoms with Crippen LogP contribution in [0.15, 0.2) is 47.5 Å². The van der Waals surface area contributed by atoms with Gasteiger partial charge in [-0.2, -0.15) is 0 Å². The maximum Gasteiger partial charge on any atom is 0.257 e. The van der Waals surface area contributed by atoms with Crippen molar-refractivity contribution in [2.75, 3.05) is 13.2 Å². The molecule has 0 radical (unpaired) electrons. The molecule has 126 valence electrons. The molecule has 1 aliphatic carbocycles. The third-order valence-electron chi connectivity index (χ3n) is 4.75. The second-order valence-corrected chi connectivity index (χ2v) is 6.20. The molecule has 2 aliphatic rings. The van der Waals surface area contributed by atoms with E-state index in [0.29, 0.717) is 25.3 Å². The second kappa shape index (κ2) is 6.75. The molecular weight excluding hydrogens is 308 g/mol. The van der Waals surface area contributed by atoms with Gasteiger partial charge in [0.1, 0.15) is 12.4 Å². The van der Waals surface area contributed by atoms with Crippen molar-refractivity contribution in [3.8, 4) is 0 Å². The van der Waals surface area contributed by atoms with Crippen molar-refractivity contribution in [3.05, 3.63) is 54.2 Å². The molecule has 0 bridgehead atoms. The zero-order valence-corrected chi connectivity index (χ0v) is 13.3. The van der Waals surface area contributed by atoms with Crippen molar-refractivity contribution >= 4 is 5.91 Å². The first-order chi connectivity index (χ1) is 11.8. The van der Waals surface area contributed by atoms with E-state index in [1.54, 1.807) is 12.3 Å². The van der Waals surface area contributed by atoms with Crippen LogP contribution in [-0.4, -0.2) is 47.2 Å². The lowest BCUT2D eigenvalue weighted by molar-refractivity contribution is -0.108. The summed E-state index contributed by atoms with van der Waals surface area (Å²) in [5.74, 6) is 0.00922. The fourth-order valence-corrected chi connectivity index (χ4v) is 3.58. The molecule has 1 saturated heterocycles. The first kappa shape index (κ1) is 15.4. The Morgan fingerprint density at radius 1 is 1.38 bits per heavy atom. The number of carbonyl (C=O) groups excluding carboxylic acids is 1. The molecule has 1 saturated carbocycles. The summed E-state index contributed by atoms with van der Waals surface area (Å²) >= 11 is 0. The van der Waals surface area contributed by atoms with Gasteiger partial charge in [0, 0.05) is 18.9 Å². The lowest BCUT2D eigenvalue weighted by Gasteiger charge is -2.38. The topological polar surface area (TPSA) is 64.8 Å². The average Bonchev–Trinajstić information content (AvgIpc) is 3.30. The number of fused-ring (bicyclic) bond motifs is 1. The Bertz CT molecular complexity index is 674. The van der Waals surface area contributed by atoms with E-state index in [4.69, 9.17) is 13.9 Å². The Hall–Kier alpha value is -2.18. The van der Waals surface area contributed by atoms with Crippen LogP contribution in [0.4, 0.5) is 0 Å². The van der Waals surface area contributed by atoms with E-state index in [2.05, 4.69) is 4.98 Å². The van der Waals surface area contributed by atoms with Crippen LogP contribution in [0.2, 0.25) is 0 Å².